The number of carbonyl (C=O) groups is 1. The van der Waals surface area contributed by atoms with E-state index in [1.54, 1.807) is 0 Å². The van der Waals surface area contributed by atoms with Gasteiger partial charge in [0, 0.05) is 6.42 Å². The lowest BCUT2D eigenvalue weighted by molar-refractivity contribution is -0.153. The summed E-state index contributed by atoms with van der Waals surface area (Å²) in [6.07, 6.45) is 16.2. The lowest BCUT2D eigenvalue weighted by atomic mass is 10.1. The first kappa shape index (κ1) is 26.3. The molecule has 0 aliphatic rings. The Balaban J connectivity index is 3.54. The molecular weight excluding hydrogens is 371 g/mol. The number of allylic oxidation sites excluding steroid dienone is 2. The molecule has 0 heterocycles. The van der Waals surface area contributed by atoms with Crippen molar-refractivity contribution in [2.75, 3.05) is 13.2 Å². The van der Waals surface area contributed by atoms with E-state index in [4.69, 9.17) is 19.6 Å². The molecule has 0 aromatic carbocycles. The number of esters is 1. The van der Waals surface area contributed by atoms with Crippen LogP contribution in [-0.4, -0.2) is 40.2 Å². The number of unbranched alkanes of at least 4 members (excludes halogenated alkanes) is 9. The number of carbonyl (C=O) groups excluding carboxylic acids is 1. The van der Waals surface area contributed by atoms with Gasteiger partial charge in [-0.15, -0.1) is 0 Å². The van der Waals surface area contributed by atoms with E-state index in [0.717, 1.165) is 32.1 Å². The van der Waals surface area contributed by atoms with E-state index >= 15 is 0 Å². The molecule has 27 heavy (non-hydrogen) atoms. The van der Waals surface area contributed by atoms with Crippen LogP contribution in [0.1, 0.15) is 84.0 Å². The minimum atomic E-state index is -4.63. The number of aliphatic hydroxyl groups is 1. The van der Waals surface area contributed by atoms with Crippen LogP contribution < -0.4 is 0 Å². The summed E-state index contributed by atoms with van der Waals surface area (Å²) in [6, 6.07) is 0. The van der Waals surface area contributed by atoms with Gasteiger partial charge in [0.2, 0.25) is 0 Å². The summed E-state index contributed by atoms with van der Waals surface area (Å²) in [7, 11) is -4.63. The van der Waals surface area contributed by atoms with Crippen molar-refractivity contribution in [2.24, 2.45) is 0 Å². The first-order valence-electron chi connectivity index (χ1n) is 10.0. The largest absolute Gasteiger partial charge is 0.469 e. The Morgan fingerprint density at radius 1 is 0.963 bits per heavy atom. The summed E-state index contributed by atoms with van der Waals surface area (Å²) in [5.41, 5.74) is 0. The molecule has 0 aromatic rings. The first-order chi connectivity index (χ1) is 12.9. The molecule has 0 saturated carbocycles. The minimum absolute atomic E-state index is 0.226. The van der Waals surface area contributed by atoms with E-state index in [9.17, 15) is 9.36 Å². The van der Waals surface area contributed by atoms with Gasteiger partial charge in [0.15, 0.2) is 0 Å². The van der Waals surface area contributed by atoms with Crippen molar-refractivity contribution < 1.29 is 33.5 Å². The summed E-state index contributed by atoms with van der Waals surface area (Å²) in [5.74, 6) is -0.491. The first-order valence-corrected chi connectivity index (χ1v) is 11.6. The molecule has 0 rings (SSSR count). The van der Waals surface area contributed by atoms with Crippen LogP contribution >= 0.6 is 7.82 Å². The molecule has 1 atom stereocenters. The number of hydrogen-bond donors (Lipinski definition) is 3. The molecule has 3 N–H and O–H groups in total. The van der Waals surface area contributed by atoms with Gasteiger partial charge >= 0.3 is 13.8 Å². The summed E-state index contributed by atoms with van der Waals surface area (Å²) < 4.78 is 19.8. The fourth-order valence-electron chi connectivity index (χ4n) is 2.54. The third-order valence-electron chi connectivity index (χ3n) is 4.07. The number of rotatable bonds is 18. The maximum absolute atomic E-state index is 11.6. The zero-order valence-electron chi connectivity index (χ0n) is 16.6. The average molecular weight is 408 g/mol. The summed E-state index contributed by atoms with van der Waals surface area (Å²) in [5, 5.41) is 9.04. The highest BCUT2D eigenvalue weighted by Gasteiger charge is 2.20. The van der Waals surface area contributed by atoms with Crippen LogP contribution in [0.15, 0.2) is 12.2 Å². The molecule has 0 aliphatic heterocycles. The van der Waals surface area contributed by atoms with Gasteiger partial charge in [-0.2, -0.15) is 0 Å². The lowest BCUT2D eigenvalue weighted by Crippen LogP contribution is -2.26. The highest BCUT2D eigenvalue weighted by molar-refractivity contribution is 7.46. The maximum atomic E-state index is 11.6. The minimum Gasteiger partial charge on any atom is -0.457 e. The van der Waals surface area contributed by atoms with Crippen LogP contribution in [0.5, 0.6) is 0 Å². The summed E-state index contributed by atoms with van der Waals surface area (Å²) in [4.78, 5) is 28.8. The van der Waals surface area contributed by atoms with Crippen molar-refractivity contribution in [3.8, 4) is 0 Å². The van der Waals surface area contributed by atoms with Gasteiger partial charge in [-0.1, -0.05) is 57.6 Å². The quantitative estimate of drug-likeness (QED) is 0.134. The highest BCUT2D eigenvalue weighted by Crippen LogP contribution is 2.35. The van der Waals surface area contributed by atoms with Gasteiger partial charge in [-0.3, -0.25) is 9.32 Å². The van der Waals surface area contributed by atoms with Gasteiger partial charge in [-0.25, -0.2) is 4.57 Å². The van der Waals surface area contributed by atoms with Crippen LogP contribution in [0.25, 0.3) is 0 Å². The number of phosphoric acid groups is 1. The Morgan fingerprint density at radius 3 is 2.07 bits per heavy atom. The average Bonchev–Trinajstić information content (AvgIpc) is 2.61. The predicted octanol–water partition coefficient (Wildman–Crippen LogP) is 4.26. The maximum Gasteiger partial charge on any atom is 0.469 e. The smallest absolute Gasteiger partial charge is 0.457 e. The van der Waals surface area contributed by atoms with Gasteiger partial charge < -0.3 is 19.6 Å². The Bertz CT molecular complexity index is 434. The Hall–Kier alpha value is -0.720. The standard InChI is InChI=1S/C19H37O7P/c1-2-3-4-5-6-7-8-9-10-11-12-13-14-15-19(21)26-18(16-20)17-25-27(22,23)24/h7-8,18,20H,2-6,9-17H2,1H3,(H2,22,23,24)/b8-7-. The molecule has 0 amide bonds. The number of ether oxygens (including phenoxy) is 1. The lowest BCUT2D eigenvalue weighted by Gasteiger charge is -2.15. The van der Waals surface area contributed by atoms with E-state index < -0.39 is 33.1 Å². The third kappa shape index (κ3) is 19.8. The van der Waals surface area contributed by atoms with Gasteiger partial charge in [-0.05, 0) is 32.1 Å². The van der Waals surface area contributed by atoms with E-state index in [0.29, 0.717) is 6.42 Å². The highest BCUT2D eigenvalue weighted by atomic mass is 31.2. The van der Waals surface area contributed by atoms with Crippen molar-refractivity contribution >= 4 is 13.8 Å². The molecule has 0 spiro atoms. The SMILES string of the molecule is CCCCCC/C=C\CCCCCCCC(=O)OC(CO)COP(=O)(O)O. The second-order valence-electron chi connectivity index (χ2n) is 6.71. The van der Waals surface area contributed by atoms with E-state index in [1.165, 1.54) is 32.1 Å². The van der Waals surface area contributed by atoms with Gasteiger partial charge in [0.25, 0.3) is 0 Å². The molecule has 8 heteroatoms. The Kier molecular flexibility index (Phi) is 16.9. The molecule has 7 nitrogen and oxygen atoms in total. The van der Waals surface area contributed by atoms with E-state index in [2.05, 4.69) is 23.6 Å². The van der Waals surface area contributed by atoms with Crippen LogP contribution in [0.4, 0.5) is 0 Å². The fraction of sp³-hybridized carbons (Fsp3) is 0.842. The van der Waals surface area contributed by atoms with Crippen molar-refractivity contribution in [3.63, 3.8) is 0 Å². The summed E-state index contributed by atoms with van der Waals surface area (Å²) in [6.45, 7) is 1.15. The zero-order valence-corrected chi connectivity index (χ0v) is 17.4. The van der Waals surface area contributed by atoms with Crippen molar-refractivity contribution in [1.82, 2.24) is 0 Å². The second-order valence-corrected chi connectivity index (χ2v) is 7.95. The normalized spacial score (nSPS) is 13.2. The Morgan fingerprint density at radius 2 is 1.52 bits per heavy atom. The Labute approximate surface area is 163 Å². The molecule has 0 aromatic heterocycles. The van der Waals surface area contributed by atoms with Gasteiger partial charge in [0.05, 0.1) is 13.2 Å². The van der Waals surface area contributed by atoms with Crippen molar-refractivity contribution in [1.29, 1.82) is 0 Å². The number of hydrogen-bond acceptors (Lipinski definition) is 5. The molecular formula is C19H37O7P. The predicted molar refractivity (Wildman–Crippen MR) is 105 cm³/mol. The molecule has 160 valence electrons. The number of phosphoric ester groups is 1. The summed E-state index contributed by atoms with van der Waals surface area (Å²) >= 11 is 0. The van der Waals surface area contributed by atoms with Crippen LogP contribution in [-0.2, 0) is 18.6 Å². The molecule has 1 unspecified atom stereocenters. The van der Waals surface area contributed by atoms with E-state index in [1.807, 2.05) is 0 Å². The molecule has 0 saturated heterocycles. The zero-order chi connectivity index (χ0) is 20.4. The van der Waals surface area contributed by atoms with Crippen LogP contribution in [0.3, 0.4) is 0 Å². The topological polar surface area (TPSA) is 113 Å². The molecule has 0 fully saturated rings. The third-order valence-corrected chi connectivity index (χ3v) is 4.56. The van der Waals surface area contributed by atoms with E-state index in [-0.39, 0.29) is 6.42 Å². The van der Waals surface area contributed by atoms with Crippen LogP contribution in [0.2, 0.25) is 0 Å². The second kappa shape index (κ2) is 17.4. The van der Waals surface area contributed by atoms with Gasteiger partial charge in [0.1, 0.15) is 6.10 Å². The van der Waals surface area contributed by atoms with Crippen LogP contribution in [0, 0.1) is 0 Å². The van der Waals surface area contributed by atoms with Crippen molar-refractivity contribution in [2.45, 2.75) is 90.1 Å². The molecule has 0 bridgehead atoms. The molecule has 0 radical (unpaired) electrons. The molecule has 0 aliphatic carbocycles. The van der Waals surface area contributed by atoms with Crippen molar-refractivity contribution in [3.05, 3.63) is 12.2 Å². The number of aliphatic hydroxyl groups excluding tert-OH is 1. The monoisotopic (exact) mass is 408 g/mol. The fourth-order valence-corrected chi connectivity index (χ4v) is 2.90.